The smallest absolute Gasteiger partial charge is 0.255 e. The number of hydrogen-bond donors (Lipinski definition) is 3. The van der Waals surface area contributed by atoms with Crippen LogP contribution in [0.4, 0.5) is 5.69 Å². The number of aromatic amines is 2. The van der Waals surface area contributed by atoms with Gasteiger partial charge in [0.05, 0.1) is 29.4 Å². The SMILES string of the molecule is Cc1[nH]cnc1-c1cccc(NC(=O)c2ccc3nc[nH]c3c2)c1. The van der Waals surface area contributed by atoms with Crippen LogP contribution < -0.4 is 5.32 Å². The lowest BCUT2D eigenvalue weighted by Crippen LogP contribution is -2.11. The highest BCUT2D eigenvalue weighted by Crippen LogP contribution is 2.23. The van der Waals surface area contributed by atoms with E-state index in [2.05, 4.69) is 25.3 Å². The average Bonchev–Trinajstić information content (AvgIpc) is 3.22. The summed E-state index contributed by atoms with van der Waals surface area (Å²) in [6, 6.07) is 13.0. The topological polar surface area (TPSA) is 86.5 Å². The molecule has 6 heteroatoms. The second-order valence-corrected chi connectivity index (χ2v) is 5.55. The van der Waals surface area contributed by atoms with Gasteiger partial charge >= 0.3 is 0 Å². The van der Waals surface area contributed by atoms with Gasteiger partial charge in [-0.15, -0.1) is 0 Å². The van der Waals surface area contributed by atoms with Gasteiger partial charge in [0, 0.05) is 22.5 Å². The van der Waals surface area contributed by atoms with E-state index in [1.165, 1.54) is 0 Å². The number of aryl methyl sites for hydroxylation is 1. The summed E-state index contributed by atoms with van der Waals surface area (Å²) in [7, 11) is 0. The molecule has 3 N–H and O–H groups in total. The van der Waals surface area contributed by atoms with Crippen LogP contribution in [0, 0.1) is 6.92 Å². The Balaban J connectivity index is 1.60. The highest BCUT2D eigenvalue weighted by atomic mass is 16.1. The summed E-state index contributed by atoms with van der Waals surface area (Å²) >= 11 is 0. The average molecular weight is 317 g/mol. The molecule has 0 unspecified atom stereocenters. The maximum absolute atomic E-state index is 12.5. The lowest BCUT2D eigenvalue weighted by Gasteiger charge is -2.07. The number of nitrogens with zero attached hydrogens (tertiary/aromatic N) is 2. The zero-order valence-corrected chi connectivity index (χ0v) is 13.0. The Kier molecular flexibility index (Phi) is 3.35. The third-order valence-electron chi connectivity index (χ3n) is 3.91. The predicted molar refractivity (Wildman–Crippen MR) is 92.8 cm³/mol. The van der Waals surface area contributed by atoms with E-state index in [9.17, 15) is 4.79 Å². The van der Waals surface area contributed by atoms with Crippen molar-refractivity contribution in [3.8, 4) is 11.3 Å². The number of carbonyl (C=O) groups is 1. The minimum Gasteiger partial charge on any atom is -0.348 e. The molecular formula is C18H15N5O. The summed E-state index contributed by atoms with van der Waals surface area (Å²) in [6.07, 6.45) is 3.28. The molecule has 0 aliphatic rings. The molecule has 24 heavy (non-hydrogen) atoms. The zero-order valence-electron chi connectivity index (χ0n) is 13.0. The van der Waals surface area contributed by atoms with E-state index in [1.54, 1.807) is 24.8 Å². The van der Waals surface area contributed by atoms with Crippen LogP contribution in [0.2, 0.25) is 0 Å². The normalized spacial score (nSPS) is 10.9. The van der Waals surface area contributed by atoms with Gasteiger partial charge in [-0.25, -0.2) is 9.97 Å². The molecule has 0 radical (unpaired) electrons. The molecule has 0 aliphatic carbocycles. The van der Waals surface area contributed by atoms with E-state index in [0.29, 0.717) is 5.56 Å². The van der Waals surface area contributed by atoms with Crippen LogP contribution >= 0.6 is 0 Å². The largest absolute Gasteiger partial charge is 0.348 e. The van der Waals surface area contributed by atoms with E-state index >= 15 is 0 Å². The molecule has 6 nitrogen and oxygen atoms in total. The second-order valence-electron chi connectivity index (χ2n) is 5.55. The molecule has 118 valence electrons. The maximum atomic E-state index is 12.5. The lowest BCUT2D eigenvalue weighted by atomic mass is 10.1. The molecule has 0 aliphatic heterocycles. The van der Waals surface area contributed by atoms with Gasteiger partial charge in [0.25, 0.3) is 5.91 Å². The molecule has 0 saturated heterocycles. The van der Waals surface area contributed by atoms with Crippen LogP contribution in [0.5, 0.6) is 0 Å². The number of anilines is 1. The Morgan fingerprint density at radius 2 is 1.92 bits per heavy atom. The fourth-order valence-electron chi connectivity index (χ4n) is 2.67. The first-order valence-electron chi connectivity index (χ1n) is 7.55. The summed E-state index contributed by atoms with van der Waals surface area (Å²) < 4.78 is 0. The molecule has 2 aromatic heterocycles. The van der Waals surface area contributed by atoms with E-state index in [4.69, 9.17) is 0 Å². The number of benzene rings is 2. The van der Waals surface area contributed by atoms with Gasteiger partial charge in [-0.1, -0.05) is 12.1 Å². The van der Waals surface area contributed by atoms with Crippen LogP contribution in [-0.4, -0.2) is 25.8 Å². The molecule has 2 heterocycles. The molecule has 0 bridgehead atoms. The van der Waals surface area contributed by atoms with Crippen molar-refractivity contribution >= 4 is 22.6 Å². The minimum atomic E-state index is -0.164. The van der Waals surface area contributed by atoms with Crippen molar-refractivity contribution in [2.75, 3.05) is 5.32 Å². The van der Waals surface area contributed by atoms with Crippen molar-refractivity contribution in [1.29, 1.82) is 0 Å². The third kappa shape index (κ3) is 2.54. The summed E-state index contributed by atoms with van der Waals surface area (Å²) in [4.78, 5) is 27.0. The Bertz CT molecular complexity index is 1030. The van der Waals surface area contributed by atoms with Gasteiger partial charge in [0.2, 0.25) is 0 Å². The highest BCUT2D eigenvalue weighted by Gasteiger charge is 2.10. The number of aromatic nitrogens is 4. The summed E-state index contributed by atoms with van der Waals surface area (Å²) in [5.74, 6) is -0.164. The molecular weight excluding hydrogens is 302 g/mol. The first kappa shape index (κ1) is 14.2. The predicted octanol–water partition coefficient (Wildman–Crippen LogP) is 3.51. The van der Waals surface area contributed by atoms with Crippen LogP contribution in [0.25, 0.3) is 22.3 Å². The van der Waals surface area contributed by atoms with Crippen LogP contribution in [0.15, 0.2) is 55.1 Å². The van der Waals surface area contributed by atoms with Crippen LogP contribution in [-0.2, 0) is 0 Å². The van der Waals surface area contributed by atoms with E-state index in [0.717, 1.165) is 33.7 Å². The van der Waals surface area contributed by atoms with Crippen molar-refractivity contribution in [3.63, 3.8) is 0 Å². The Morgan fingerprint density at radius 3 is 2.75 bits per heavy atom. The number of rotatable bonds is 3. The number of nitrogens with one attached hydrogen (secondary N) is 3. The number of H-pyrrole nitrogens is 2. The number of fused-ring (bicyclic) bond motifs is 1. The number of hydrogen-bond acceptors (Lipinski definition) is 3. The van der Waals surface area contributed by atoms with Gasteiger partial charge in [-0.3, -0.25) is 4.79 Å². The Morgan fingerprint density at radius 1 is 1.04 bits per heavy atom. The number of amides is 1. The number of imidazole rings is 2. The fourth-order valence-corrected chi connectivity index (χ4v) is 2.67. The highest BCUT2D eigenvalue weighted by molar-refractivity contribution is 6.06. The Hall–Kier alpha value is -3.41. The monoisotopic (exact) mass is 317 g/mol. The van der Waals surface area contributed by atoms with Crippen molar-refractivity contribution in [2.45, 2.75) is 6.92 Å². The summed E-state index contributed by atoms with van der Waals surface area (Å²) in [6.45, 7) is 1.97. The van der Waals surface area contributed by atoms with Gasteiger partial charge < -0.3 is 15.3 Å². The molecule has 2 aromatic carbocycles. The van der Waals surface area contributed by atoms with Crippen molar-refractivity contribution in [1.82, 2.24) is 19.9 Å². The van der Waals surface area contributed by atoms with Crippen molar-refractivity contribution in [2.24, 2.45) is 0 Å². The minimum absolute atomic E-state index is 0.164. The van der Waals surface area contributed by atoms with Crippen LogP contribution in [0.3, 0.4) is 0 Å². The summed E-state index contributed by atoms with van der Waals surface area (Å²) in [5.41, 5.74) is 5.80. The maximum Gasteiger partial charge on any atom is 0.255 e. The number of carbonyl (C=O) groups excluding carboxylic acids is 1. The molecule has 1 amide bonds. The molecule has 0 spiro atoms. The van der Waals surface area contributed by atoms with Gasteiger partial charge in [0.1, 0.15) is 0 Å². The van der Waals surface area contributed by atoms with Gasteiger partial charge in [0.15, 0.2) is 0 Å². The molecule has 0 saturated carbocycles. The molecule has 4 aromatic rings. The standard InChI is InChI=1S/C18H15N5O/c1-11-17(22-9-19-11)12-3-2-4-14(7-12)23-18(24)13-5-6-15-16(8-13)21-10-20-15/h2-10H,1H3,(H,19,22)(H,20,21)(H,23,24). The third-order valence-corrected chi connectivity index (χ3v) is 3.91. The second kappa shape index (κ2) is 5.66. The quantitative estimate of drug-likeness (QED) is 0.540. The van der Waals surface area contributed by atoms with Crippen molar-refractivity contribution in [3.05, 3.63) is 66.4 Å². The van der Waals surface area contributed by atoms with Gasteiger partial charge in [-0.2, -0.15) is 0 Å². The van der Waals surface area contributed by atoms with E-state index in [1.807, 2.05) is 37.3 Å². The zero-order chi connectivity index (χ0) is 16.5. The van der Waals surface area contributed by atoms with Crippen molar-refractivity contribution < 1.29 is 4.79 Å². The first-order chi connectivity index (χ1) is 11.7. The molecule has 4 rings (SSSR count). The fraction of sp³-hybridized carbons (Fsp3) is 0.0556. The van der Waals surface area contributed by atoms with Crippen LogP contribution in [0.1, 0.15) is 16.1 Å². The van der Waals surface area contributed by atoms with E-state index in [-0.39, 0.29) is 5.91 Å². The summed E-state index contributed by atoms with van der Waals surface area (Å²) in [5, 5.41) is 2.93. The Labute approximate surface area is 138 Å². The van der Waals surface area contributed by atoms with E-state index < -0.39 is 0 Å². The molecule has 0 atom stereocenters. The van der Waals surface area contributed by atoms with Gasteiger partial charge in [-0.05, 0) is 37.3 Å². The first-order valence-corrected chi connectivity index (χ1v) is 7.55. The molecule has 0 fully saturated rings. The lowest BCUT2D eigenvalue weighted by molar-refractivity contribution is 0.102.